The fourth-order valence-corrected chi connectivity index (χ4v) is 2.66. The average Bonchev–Trinajstić information content (AvgIpc) is 3.22. The number of aryl methyl sites for hydroxylation is 2. The van der Waals surface area contributed by atoms with Gasteiger partial charge in [0.2, 0.25) is 0 Å². The molecule has 1 aromatic carbocycles. The summed E-state index contributed by atoms with van der Waals surface area (Å²) in [5.74, 6) is -0.0289. The van der Waals surface area contributed by atoms with E-state index in [-0.39, 0.29) is 5.96 Å². The van der Waals surface area contributed by atoms with Gasteiger partial charge in [0.15, 0.2) is 11.1 Å². The smallest absolute Gasteiger partial charge is 0.199 e. The second kappa shape index (κ2) is 6.22. The minimum Gasteiger partial charge on any atom is -0.369 e. The van der Waals surface area contributed by atoms with Crippen molar-refractivity contribution in [1.82, 2.24) is 5.32 Å². The van der Waals surface area contributed by atoms with E-state index in [1.807, 2.05) is 0 Å². The van der Waals surface area contributed by atoms with Crippen LogP contribution in [0.4, 0.5) is 5.69 Å². The largest absolute Gasteiger partial charge is 0.369 e. The summed E-state index contributed by atoms with van der Waals surface area (Å²) in [7, 11) is 0. The number of benzene rings is 1. The molecule has 4 N–H and O–H groups in total. The third-order valence-electron chi connectivity index (χ3n) is 3.54. The maximum absolute atomic E-state index is 7.90. The Kier molecular flexibility index (Phi) is 4.60. The fraction of sp³-hybridized carbons (Fsp3) is 0.467. The van der Waals surface area contributed by atoms with E-state index in [1.165, 1.54) is 11.1 Å². The number of guanidine groups is 1. The highest BCUT2D eigenvalue weighted by molar-refractivity contribution is 7.80. The second-order valence-electron chi connectivity index (χ2n) is 5.08. The summed E-state index contributed by atoms with van der Waals surface area (Å²) in [6, 6.07) is 6.65. The molecule has 1 saturated carbocycles. The highest BCUT2D eigenvalue weighted by atomic mass is 32.1. The van der Waals surface area contributed by atoms with Crippen molar-refractivity contribution < 1.29 is 0 Å². The number of nitrogens with one attached hydrogen (secondary N) is 2. The van der Waals surface area contributed by atoms with Crippen molar-refractivity contribution in [1.29, 1.82) is 5.41 Å². The Morgan fingerprint density at radius 1 is 1.35 bits per heavy atom. The summed E-state index contributed by atoms with van der Waals surface area (Å²) < 4.78 is 0. The molecule has 108 valence electrons. The summed E-state index contributed by atoms with van der Waals surface area (Å²) in [6.07, 6.45) is 4.06. The first-order valence-electron chi connectivity index (χ1n) is 7.13. The number of nitrogens with two attached hydrogens (primary N) is 1. The van der Waals surface area contributed by atoms with Gasteiger partial charge < -0.3 is 11.1 Å². The molecule has 0 bridgehead atoms. The SMILES string of the molecule is CCc1cccc(CC)c1N(C(=N)N)C(=S)NC1CC1. The van der Waals surface area contributed by atoms with Crippen molar-refractivity contribution in [3.63, 3.8) is 0 Å². The van der Waals surface area contributed by atoms with Crippen molar-refractivity contribution in [2.75, 3.05) is 4.90 Å². The van der Waals surface area contributed by atoms with Crippen LogP contribution in [-0.4, -0.2) is 17.1 Å². The molecule has 2 rings (SSSR count). The van der Waals surface area contributed by atoms with Crippen LogP contribution in [0.5, 0.6) is 0 Å². The fourth-order valence-electron chi connectivity index (χ4n) is 2.30. The molecule has 0 unspecified atom stereocenters. The number of rotatable bonds is 4. The summed E-state index contributed by atoms with van der Waals surface area (Å²) in [5, 5.41) is 11.7. The molecule has 0 spiro atoms. The Balaban J connectivity index is 2.41. The third-order valence-corrected chi connectivity index (χ3v) is 3.84. The number of anilines is 1. The Bertz CT molecular complexity index is 500. The summed E-state index contributed by atoms with van der Waals surface area (Å²) in [4.78, 5) is 1.67. The van der Waals surface area contributed by atoms with Crippen LogP contribution >= 0.6 is 12.2 Å². The quantitative estimate of drug-likeness (QED) is 0.453. The molecule has 0 amide bonds. The van der Waals surface area contributed by atoms with Crippen LogP contribution in [0.1, 0.15) is 37.8 Å². The van der Waals surface area contributed by atoms with Crippen LogP contribution in [0.2, 0.25) is 0 Å². The molecule has 1 fully saturated rings. The van der Waals surface area contributed by atoms with Crippen LogP contribution in [0.3, 0.4) is 0 Å². The molecule has 1 aromatic rings. The van der Waals surface area contributed by atoms with Crippen molar-refractivity contribution >= 4 is 29.0 Å². The molecule has 0 radical (unpaired) electrons. The summed E-state index contributed by atoms with van der Waals surface area (Å²) in [5.41, 5.74) is 9.10. The molecule has 1 aliphatic carbocycles. The van der Waals surface area contributed by atoms with E-state index in [0.717, 1.165) is 31.4 Å². The predicted octanol–water partition coefficient (Wildman–Crippen LogP) is 2.55. The zero-order valence-electron chi connectivity index (χ0n) is 12.1. The number of hydrogen-bond donors (Lipinski definition) is 3. The zero-order chi connectivity index (χ0) is 14.7. The van der Waals surface area contributed by atoms with Crippen molar-refractivity contribution in [3.05, 3.63) is 29.3 Å². The van der Waals surface area contributed by atoms with Gasteiger partial charge in [-0.1, -0.05) is 32.0 Å². The lowest BCUT2D eigenvalue weighted by molar-refractivity contribution is 0.905. The van der Waals surface area contributed by atoms with Crippen molar-refractivity contribution in [2.45, 2.75) is 45.6 Å². The van der Waals surface area contributed by atoms with Crippen molar-refractivity contribution in [3.8, 4) is 0 Å². The molecule has 0 aromatic heterocycles. The lowest BCUT2D eigenvalue weighted by Gasteiger charge is -2.28. The van der Waals surface area contributed by atoms with E-state index in [4.69, 9.17) is 23.4 Å². The molecule has 0 saturated heterocycles. The summed E-state index contributed by atoms with van der Waals surface area (Å²) in [6.45, 7) is 4.21. The van der Waals surface area contributed by atoms with Crippen LogP contribution in [-0.2, 0) is 12.8 Å². The van der Waals surface area contributed by atoms with E-state index in [9.17, 15) is 0 Å². The van der Waals surface area contributed by atoms with E-state index in [1.54, 1.807) is 4.90 Å². The molecule has 20 heavy (non-hydrogen) atoms. The van der Waals surface area contributed by atoms with Gasteiger partial charge in [0.1, 0.15) is 0 Å². The first kappa shape index (κ1) is 14.8. The minimum absolute atomic E-state index is 0.0289. The van der Waals surface area contributed by atoms with E-state index < -0.39 is 0 Å². The van der Waals surface area contributed by atoms with Gasteiger partial charge in [-0.05, 0) is 49.0 Å². The average molecular weight is 290 g/mol. The van der Waals surface area contributed by atoms with Gasteiger partial charge in [0.25, 0.3) is 0 Å². The zero-order valence-corrected chi connectivity index (χ0v) is 12.9. The minimum atomic E-state index is -0.0289. The summed E-state index contributed by atoms with van der Waals surface area (Å²) >= 11 is 5.46. The maximum Gasteiger partial charge on any atom is 0.199 e. The molecular formula is C15H22N4S. The molecule has 1 aliphatic rings. The number of thiocarbonyl (C=S) groups is 1. The molecular weight excluding hydrogens is 268 g/mol. The standard InChI is InChI=1S/C15H22N4S/c1-3-10-6-5-7-11(4-2)13(10)19(14(16)17)15(20)18-12-8-9-12/h5-7,12H,3-4,8-9H2,1-2H3,(H3,16,17)(H,18,20). The third kappa shape index (κ3) is 3.10. The Labute approximate surface area is 125 Å². The number of para-hydroxylation sites is 1. The first-order chi connectivity index (χ1) is 9.58. The molecule has 0 aliphatic heterocycles. The van der Waals surface area contributed by atoms with Crippen molar-refractivity contribution in [2.24, 2.45) is 5.73 Å². The van der Waals surface area contributed by atoms with Gasteiger partial charge in [-0.2, -0.15) is 0 Å². The number of hydrogen-bond acceptors (Lipinski definition) is 2. The highest BCUT2D eigenvalue weighted by Crippen LogP contribution is 2.28. The number of nitrogens with zero attached hydrogens (tertiary/aromatic N) is 1. The van der Waals surface area contributed by atoms with Gasteiger partial charge in [-0.25, -0.2) is 0 Å². The van der Waals surface area contributed by atoms with Gasteiger partial charge in [-0.15, -0.1) is 0 Å². The lowest BCUT2D eigenvalue weighted by atomic mass is 10.0. The normalized spacial score (nSPS) is 13.9. The molecule has 0 heterocycles. The highest BCUT2D eigenvalue weighted by Gasteiger charge is 2.27. The second-order valence-corrected chi connectivity index (χ2v) is 5.46. The van der Waals surface area contributed by atoms with Crippen LogP contribution in [0.25, 0.3) is 0 Å². The van der Waals surface area contributed by atoms with Crippen LogP contribution in [0.15, 0.2) is 18.2 Å². The monoisotopic (exact) mass is 290 g/mol. The maximum atomic E-state index is 7.90. The molecule has 4 nitrogen and oxygen atoms in total. The van der Waals surface area contributed by atoms with E-state index in [0.29, 0.717) is 11.2 Å². The Morgan fingerprint density at radius 3 is 2.30 bits per heavy atom. The van der Waals surface area contributed by atoms with Gasteiger partial charge in [0, 0.05) is 6.04 Å². The Morgan fingerprint density at radius 2 is 1.90 bits per heavy atom. The molecule has 0 atom stereocenters. The van der Waals surface area contributed by atoms with Gasteiger partial charge in [0.05, 0.1) is 5.69 Å². The predicted molar refractivity (Wildman–Crippen MR) is 88.3 cm³/mol. The lowest BCUT2D eigenvalue weighted by Crippen LogP contribution is -2.48. The first-order valence-corrected chi connectivity index (χ1v) is 7.54. The molecule has 5 heteroatoms. The van der Waals surface area contributed by atoms with Gasteiger partial charge in [-0.3, -0.25) is 10.3 Å². The van der Waals surface area contributed by atoms with Crippen LogP contribution < -0.4 is 16.0 Å². The van der Waals surface area contributed by atoms with E-state index >= 15 is 0 Å². The topological polar surface area (TPSA) is 65.1 Å². The van der Waals surface area contributed by atoms with Crippen LogP contribution in [0, 0.1) is 5.41 Å². The Hall–Kier alpha value is -1.62. The van der Waals surface area contributed by atoms with Gasteiger partial charge >= 0.3 is 0 Å². The van der Waals surface area contributed by atoms with E-state index in [2.05, 4.69) is 37.4 Å².